The fourth-order valence-corrected chi connectivity index (χ4v) is 8.17. The third-order valence-electron chi connectivity index (χ3n) is 10.5. The lowest BCUT2D eigenvalue weighted by Crippen LogP contribution is -2.37. The van der Waals surface area contributed by atoms with Crippen molar-refractivity contribution in [3.8, 4) is 16.8 Å². The molecule has 1 heterocycles. The van der Waals surface area contributed by atoms with Gasteiger partial charge in [0.25, 0.3) is 0 Å². The summed E-state index contributed by atoms with van der Waals surface area (Å²) >= 11 is 0. The predicted molar refractivity (Wildman–Crippen MR) is 193 cm³/mol. The molecule has 0 saturated carbocycles. The van der Waals surface area contributed by atoms with E-state index in [1.165, 1.54) is 60.5 Å². The first-order valence-electron chi connectivity index (χ1n) is 17.6. The summed E-state index contributed by atoms with van der Waals surface area (Å²) in [7, 11) is 0. The van der Waals surface area contributed by atoms with Crippen molar-refractivity contribution in [2.75, 3.05) is 0 Å². The van der Waals surface area contributed by atoms with Crippen LogP contribution >= 0.6 is 0 Å². The fourth-order valence-electron chi connectivity index (χ4n) is 8.17. The van der Waals surface area contributed by atoms with Crippen LogP contribution < -0.4 is 10.4 Å². The molecular weight excluding hydrogens is 578 g/mol. The Labute approximate surface area is 279 Å². The summed E-state index contributed by atoms with van der Waals surface area (Å²) in [5, 5.41) is 2.32. The summed E-state index contributed by atoms with van der Waals surface area (Å²) < 4.78 is 2.13. The Hall–Kier alpha value is -4.31. The monoisotopic (exact) mass is 625 g/mol. The number of carbonyl (C=O) groups is 3. The van der Waals surface area contributed by atoms with Crippen LogP contribution in [0.15, 0.2) is 66.5 Å². The number of benzene rings is 2. The molecule has 2 aromatic rings. The lowest BCUT2D eigenvalue weighted by Gasteiger charge is -2.41. The molecule has 0 bridgehead atoms. The van der Waals surface area contributed by atoms with Crippen LogP contribution in [-0.4, -0.2) is 21.9 Å². The predicted octanol–water partition coefficient (Wildman–Crippen LogP) is 9.41. The van der Waals surface area contributed by atoms with Crippen molar-refractivity contribution in [1.82, 2.24) is 4.57 Å². The molecule has 0 unspecified atom stereocenters. The quantitative estimate of drug-likeness (QED) is 0.104. The molecule has 0 atom stereocenters. The third kappa shape index (κ3) is 5.88. The number of nitrogens with zero attached hydrogens (tertiary/aromatic N) is 1. The Morgan fingerprint density at radius 1 is 0.681 bits per heavy atom. The van der Waals surface area contributed by atoms with Crippen LogP contribution in [-0.2, 0) is 5.41 Å². The molecule has 0 saturated heterocycles. The average Bonchev–Trinajstić information content (AvgIpc) is 3.60. The summed E-state index contributed by atoms with van der Waals surface area (Å²) in [6.07, 6.45) is 20.0. The van der Waals surface area contributed by atoms with E-state index in [0.29, 0.717) is 5.56 Å². The van der Waals surface area contributed by atoms with Crippen molar-refractivity contribution in [2.45, 2.75) is 104 Å². The van der Waals surface area contributed by atoms with Crippen LogP contribution in [0, 0.1) is 0 Å². The Bertz CT molecular complexity index is 1970. The lowest BCUT2D eigenvalue weighted by atomic mass is 9.62. The van der Waals surface area contributed by atoms with Crippen LogP contribution in [0.4, 0.5) is 0 Å². The Morgan fingerprint density at radius 3 is 1.91 bits per heavy atom. The van der Waals surface area contributed by atoms with Crippen LogP contribution in [0.25, 0.3) is 34.5 Å². The zero-order chi connectivity index (χ0) is 33.3. The zero-order valence-corrected chi connectivity index (χ0v) is 28.7. The molecule has 6 rings (SSSR count). The smallest absolute Gasteiger partial charge is 0.161 e. The molecule has 1 aliphatic heterocycles. The first-order valence-corrected chi connectivity index (χ1v) is 17.6. The van der Waals surface area contributed by atoms with Crippen molar-refractivity contribution in [2.24, 2.45) is 0 Å². The van der Waals surface area contributed by atoms with Gasteiger partial charge in [0.05, 0.1) is 0 Å². The van der Waals surface area contributed by atoms with Gasteiger partial charge in [-0.15, -0.1) is 0 Å². The van der Waals surface area contributed by atoms with E-state index in [2.05, 4.69) is 55.0 Å². The molecule has 242 valence electrons. The summed E-state index contributed by atoms with van der Waals surface area (Å²) in [6, 6.07) is 16.0. The highest BCUT2D eigenvalue weighted by Gasteiger charge is 2.46. The van der Waals surface area contributed by atoms with Gasteiger partial charge in [0, 0.05) is 45.7 Å². The van der Waals surface area contributed by atoms with Crippen molar-refractivity contribution in [3.05, 3.63) is 105 Å². The first kappa shape index (κ1) is 32.6. The summed E-state index contributed by atoms with van der Waals surface area (Å²) in [5.74, 6) is 0.207. The van der Waals surface area contributed by atoms with Gasteiger partial charge in [0.1, 0.15) is 0 Å². The maximum atomic E-state index is 13.6. The Morgan fingerprint density at radius 2 is 1.32 bits per heavy atom. The minimum atomic E-state index is -0.304. The molecule has 4 heteroatoms. The zero-order valence-electron chi connectivity index (χ0n) is 28.7. The van der Waals surface area contributed by atoms with Gasteiger partial charge in [-0.05, 0) is 120 Å². The highest BCUT2D eigenvalue weighted by molar-refractivity contribution is 6.12. The van der Waals surface area contributed by atoms with Crippen molar-refractivity contribution in [3.63, 3.8) is 0 Å². The molecular formula is C43H47NO3. The SMILES string of the molecule is CCCCCCC1(CCCCCC)C2=c3cc(C(C)=O)ccc3=CC2=Cc2c(C(C)=O)c3ccn(-c4ccc(C(C)=O)cc4)cc-3c21. The largest absolute Gasteiger partial charge is 0.323 e. The standard InChI is InChI=1S/C43H47NO3/c1-6-8-10-12-21-43(22-13-11-9-7-2)41-34(24-33-15-14-32(29(4)46)25-37(33)41)26-38-40(30(5)47)36-20-23-44(27-39(36)42(38)43)35-18-16-31(17-19-35)28(3)45/h14-20,23-27H,6-13,21-22H2,1-5H3. The second-order valence-electron chi connectivity index (χ2n) is 13.7. The Balaban J connectivity index is 1.67. The summed E-state index contributed by atoms with van der Waals surface area (Å²) in [6.45, 7) is 9.45. The number of carbonyl (C=O) groups excluding carboxylic acids is 3. The number of unbranched alkanes of at least 4 members (excludes halogenated alkanes) is 6. The third-order valence-corrected chi connectivity index (χ3v) is 10.5. The highest BCUT2D eigenvalue weighted by Crippen LogP contribution is 2.57. The van der Waals surface area contributed by atoms with Gasteiger partial charge in [-0.2, -0.15) is 0 Å². The molecule has 0 spiro atoms. The number of allylic oxidation sites excluding steroid dienone is 1. The number of aromatic nitrogens is 1. The van der Waals surface area contributed by atoms with Crippen LogP contribution in [0.2, 0.25) is 0 Å². The van der Waals surface area contributed by atoms with E-state index < -0.39 is 0 Å². The second-order valence-corrected chi connectivity index (χ2v) is 13.7. The van der Waals surface area contributed by atoms with Crippen molar-refractivity contribution < 1.29 is 14.4 Å². The Kier molecular flexibility index (Phi) is 9.32. The molecule has 0 radical (unpaired) electrons. The summed E-state index contributed by atoms with van der Waals surface area (Å²) in [4.78, 5) is 38.2. The number of ketones is 3. The van der Waals surface area contributed by atoms with Crippen LogP contribution in [0.1, 0.15) is 141 Å². The van der Waals surface area contributed by atoms with Crippen molar-refractivity contribution >= 4 is 35.1 Å². The maximum Gasteiger partial charge on any atom is 0.161 e. The number of hydrogen-bond acceptors (Lipinski definition) is 3. The lowest BCUT2D eigenvalue weighted by molar-refractivity contribution is 0.100. The second kappa shape index (κ2) is 13.4. The van der Waals surface area contributed by atoms with Gasteiger partial charge < -0.3 is 4.57 Å². The first-order chi connectivity index (χ1) is 22.7. The van der Waals surface area contributed by atoms with E-state index in [1.54, 1.807) is 20.8 Å². The van der Waals surface area contributed by atoms with Crippen molar-refractivity contribution in [1.29, 1.82) is 0 Å². The van der Waals surface area contributed by atoms with Gasteiger partial charge in [-0.1, -0.05) is 77.3 Å². The van der Waals surface area contributed by atoms with E-state index >= 15 is 0 Å². The van der Waals surface area contributed by atoms with Crippen LogP contribution in [0.3, 0.4) is 0 Å². The number of pyridine rings is 1. The van der Waals surface area contributed by atoms with E-state index in [1.807, 2.05) is 36.5 Å². The minimum absolute atomic E-state index is 0.0466. The van der Waals surface area contributed by atoms with Gasteiger partial charge in [0.2, 0.25) is 0 Å². The number of hydrogen-bond donors (Lipinski definition) is 0. The molecule has 2 aromatic carbocycles. The maximum absolute atomic E-state index is 13.6. The van der Waals surface area contributed by atoms with E-state index in [9.17, 15) is 14.4 Å². The van der Waals surface area contributed by atoms with Gasteiger partial charge >= 0.3 is 0 Å². The molecule has 0 N–H and O–H groups in total. The highest BCUT2D eigenvalue weighted by atomic mass is 16.1. The number of Topliss-reactive ketones (excluding diaryl/α,β-unsaturated/α-hetero) is 3. The fraction of sp³-hybridized carbons (Fsp3) is 0.372. The minimum Gasteiger partial charge on any atom is -0.323 e. The molecule has 47 heavy (non-hydrogen) atoms. The number of rotatable bonds is 14. The number of fused-ring (bicyclic) bond motifs is 5. The van der Waals surface area contributed by atoms with E-state index in [4.69, 9.17) is 0 Å². The van der Waals surface area contributed by atoms with Gasteiger partial charge in [0.15, 0.2) is 17.3 Å². The van der Waals surface area contributed by atoms with Crippen LogP contribution in [0.5, 0.6) is 0 Å². The van der Waals surface area contributed by atoms with E-state index in [-0.39, 0.29) is 22.8 Å². The molecule has 4 nitrogen and oxygen atoms in total. The molecule has 3 aliphatic carbocycles. The van der Waals surface area contributed by atoms with Gasteiger partial charge in [-0.3, -0.25) is 14.4 Å². The molecule has 0 fully saturated rings. The summed E-state index contributed by atoms with van der Waals surface area (Å²) in [5.41, 5.74) is 9.88. The average molecular weight is 626 g/mol. The normalized spacial score (nSPS) is 14.3. The van der Waals surface area contributed by atoms with Gasteiger partial charge in [-0.25, -0.2) is 0 Å². The van der Waals surface area contributed by atoms with E-state index in [0.717, 1.165) is 64.4 Å². The molecule has 0 amide bonds. The molecule has 4 aliphatic rings. The molecule has 0 aromatic heterocycles. The topological polar surface area (TPSA) is 56.1 Å².